The number of hydrogen-bond donors (Lipinski definition) is 1. The minimum atomic E-state index is 0.226. The van der Waals surface area contributed by atoms with Crippen LogP contribution in [-0.2, 0) is 0 Å². The van der Waals surface area contributed by atoms with Gasteiger partial charge in [-0.15, -0.1) is 0 Å². The van der Waals surface area contributed by atoms with Gasteiger partial charge in [-0.1, -0.05) is 27.7 Å². The summed E-state index contributed by atoms with van der Waals surface area (Å²) in [6, 6.07) is 5.51. The van der Waals surface area contributed by atoms with Crippen LogP contribution in [0, 0.1) is 18.3 Å². The molecule has 0 aromatic heterocycles. The number of hydrogen-bond acceptors (Lipinski definition) is 2. The molecule has 2 heteroatoms. The summed E-state index contributed by atoms with van der Waals surface area (Å²) in [6.45, 7) is 10.7. The molecule has 2 N–H and O–H groups in total. The Morgan fingerprint density at radius 3 is 2.44 bits per heavy atom. The van der Waals surface area contributed by atoms with Crippen molar-refractivity contribution in [2.45, 2.75) is 47.5 Å². The summed E-state index contributed by atoms with van der Waals surface area (Å²) in [5, 5.41) is 0. The van der Waals surface area contributed by atoms with Crippen LogP contribution in [0.3, 0.4) is 0 Å². The lowest BCUT2D eigenvalue weighted by Crippen LogP contribution is -2.15. The third-order valence-electron chi connectivity index (χ3n) is 3.05. The molecule has 0 heterocycles. The normalized spacial score (nSPS) is 13.4. The van der Waals surface area contributed by atoms with Crippen LogP contribution in [0.5, 0.6) is 0 Å². The first-order valence-corrected chi connectivity index (χ1v) is 6.58. The largest absolute Gasteiger partial charge is 0.399 e. The van der Waals surface area contributed by atoms with Gasteiger partial charge in [0.25, 0.3) is 0 Å². The zero-order chi connectivity index (χ0) is 13.9. The van der Waals surface area contributed by atoms with Crippen LogP contribution in [0.2, 0.25) is 0 Å². The van der Waals surface area contributed by atoms with E-state index in [2.05, 4.69) is 27.7 Å². The standard InChI is InChI=1S/C16H25NO/c1-11(10-16(3,4)5)8-15(18)14-7-6-13(17)9-12(14)2/h6-7,9,11H,8,10,17H2,1-5H3. The van der Waals surface area contributed by atoms with Crippen LogP contribution in [-0.4, -0.2) is 5.78 Å². The monoisotopic (exact) mass is 247 g/mol. The topological polar surface area (TPSA) is 43.1 Å². The number of aryl methyl sites for hydroxylation is 1. The molecule has 0 aliphatic rings. The zero-order valence-corrected chi connectivity index (χ0v) is 12.2. The minimum absolute atomic E-state index is 0.226. The first-order valence-electron chi connectivity index (χ1n) is 6.58. The highest BCUT2D eigenvalue weighted by Gasteiger charge is 2.19. The molecular formula is C16H25NO. The van der Waals surface area contributed by atoms with Crippen LogP contribution < -0.4 is 5.73 Å². The van der Waals surface area contributed by atoms with E-state index < -0.39 is 0 Å². The van der Waals surface area contributed by atoms with Crippen molar-refractivity contribution in [3.05, 3.63) is 29.3 Å². The lowest BCUT2D eigenvalue weighted by Gasteiger charge is -2.22. The SMILES string of the molecule is Cc1cc(N)ccc1C(=O)CC(C)CC(C)(C)C. The first-order chi connectivity index (χ1) is 8.19. The van der Waals surface area contributed by atoms with Gasteiger partial charge in [0.1, 0.15) is 0 Å². The van der Waals surface area contributed by atoms with Gasteiger partial charge in [-0.25, -0.2) is 0 Å². The highest BCUT2D eigenvalue weighted by molar-refractivity contribution is 5.97. The fourth-order valence-corrected chi connectivity index (χ4v) is 2.54. The molecule has 100 valence electrons. The fraction of sp³-hybridized carbons (Fsp3) is 0.562. The summed E-state index contributed by atoms with van der Waals surface area (Å²) in [5.41, 5.74) is 8.47. The van der Waals surface area contributed by atoms with E-state index in [1.165, 1.54) is 0 Å². The number of anilines is 1. The number of carbonyl (C=O) groups is 1. The van der Waals surface area contributed by atoms with Gasteiger partial charge >= 0.3 is 0 Å². The molecule has 1 aromatic rings. The predicted molar refractivity (Wildman–Crippen MR) is 77.8 cm³/mol. The van der Waals surface area contributed by atoms with Gasteiger partial charge in [0.2, 0.25) is 0 Å². The number of carbonyl (C=O) groups excluding carboxylic acids is 1. The van der Waals surface area contributed by atoms with Crippen molar-refractivity contribution in [2.75, 3.05) is 5.73 Å². The molecule has 2 nitrogen and oxygen atoms in total. The zero-order valence-electron chi connectivity index (χ0n) is 12.2. The van der Waals surface area contributed by atoms with Crippen molar-refractivity contribution in [3.63, 3.8) is 0 Å². The van der Waals surface area contributed by atoms with E-state index in [4.69, 9.17) is 5.73 Å². The minimum Gasteiger partial charge on any atom is -0.399 e. The van der Waals surface area contributed by atoms with E-state index in [0.29, 0.717) is 18.0 Å². The van der Waals surface area contributed by atoms with Gasteiger partial charge in [-0.05, 0) is 48.4 Å². The van der Waals surface area contributed by atoms with E-state index in [9.17, 15) is 4.79 Å². The van der Waals surface area contributed by atoms with Crippen LogP contribution in [0.15, 0.2) is 18.2 Å². The summed E-state index contributed by atoms with van der Waals surface area (Å²) in [7, 11) is 0. The summed E-state index contributed by atoms with van der Waals surface area (Å²) >= 11 is 0. The number of benzene rings is 1. The summed E-state index contributed by atoms with van der Waals surface area (Å²) < 4.78 is 0. The Morgan fingerprint density at radius 1 is 1.33 bits per heavy atom. The number of nitrogens with two attached hydrogens (primary N) is 1. The van der Waals surface area contributed by atoms with Crippen molar-refractivity contribution in [1.29, 1.82) is 0 Å². The highest BCUT2D eigenvalue weighted by Crippen LogP contribution is 2.27. The smallest absolute Gasteiger partial charge is 0.163 e. The Morgan fingerprint density at radius 2 is 1.94 bits per heavy atom. The molecule has 0 spiro atoms. The van der Waals surface area contributed by atoms with Gasteiger partial charge in [0.15, 0.2) is 5.78 Å². The molecule has 0 bridgehead atoms. The van der Waals surface area contributed by atoms with Gasteiger partial charge in [-0.3, -0.25) is 4.79 Å². The summed E-state index contributed by atoms with van der Waals surface area (Å²) in [5.74, 6) is 0.638. The lowest BCUT2D eigenvalue weighted by molar-refractivity contribution is 0.0954. The molecule has 0 aliphatic carbocycles. The third kappa shape index (κ3) is 4.52. The molecule has 0 saturated heterocycles. The molecule has 0 fully saturated rings. The second kappa shape index (κ2) is 5.55. The van der Waals surface area contributed by atoms with Crippen molar-refractivity contribution in [1.82, 2.24) is 0 Å². The number of rotatable bonds is 4. The maximum absolute atomic E-state index is 12.2. The van der Waals surface area contributed by atoms with Gasteiger partial charge in [0.05, 0.1) is 0 Å². The molecule has 0 aliphatic heterocycles. The van der Waals surface area contributed by atoms with E-state index in [-0.39, 0.29) is 11.2 Å². The molecule has 0 saturated carbocycles. The number of Topliss-reactive ketones (excluding diaryl/α,β-unsaturated/α-hetero) is 1. The fourth-order valence-electron chi connectivity index (χ4n) is 2.54. The van der Waals surface area contributed by atoms with Crippen LogP contribution in [0.4, 0.5) is 5.69 Å². The first kappa shape index (κ1) is 14.7. The number of nitrogen functional groups attached to an aromatic ring is 1. The van der Waals surface area contributed by atoms with Crippen LogP contribution in [0.1, 0.15) is 56.5 Å². The van der Waals surface area contributed by atoms with Gasteiger partial charge in [0, 0.05) is 17.7 Å². The van der Waals surface area contributed by atoms with E-state index in [0.717, 1.165) is 17.5 Å². The molecule has 1 atom stereocenters. The van der Waals surface area contributed by atoms with Gasteiger partial charge in [-0.2, -0.15) is 0 Å². The molecular weight excluding hydrogens is 222 g/mol. The van der Waals surface area contributed by atoms with Crippen molar-refractivity contribution >= 4 is 11.5 Å². The van der Waals surface area contributed by atoms with Gasteiger partial charge < -0.3 is 5.73 Å². The van der Waals surface area contributed by atoms with E-state index in [1.807, 2.05) is 19.1 Å². The molecule has 0 radical (unpaired) electrons. The van der Waals surface area contributed by atoms with Crippen molar-refractivity contribution in [3.8, 4) is 0 Å². The quantitative estimate of drug-likeness (QED) is 0.639. The second-order valence-corrected chi connectivity index (χ2v) is 6.57. The van der Waals surface area contributed by atoms with Crippen molar-refractivity contribution in [2.24, 2.45) is 11.3 Å². The molecule has 18 heavy (non-hydrogen) atoms. The maximum Gasteiger partial charge on any atom is 0.163 e. The predicted octanol–water partition coefficient (Wildman–Crippen LogP) is 4.22. The molecule has 1 aromatic carbocycles. The lowest BCUT2D eigenvalue weighted by atomic mass is 9.82. The highest BCUT2D eigenvalue weighted by atomic mass is 16.1. The average Bonchev–Trinajstić information content (AvgIpc) is 2.13. The van der Waals surface area contributed by atoms with Crippen LogP contribution >= 0.6 is 0 Å². The Labute approximate surface area is 111 Å². The Kier molecular flexibility index (Phi) is 4.55. The van der Waals surface area contributed by atoms with Crippen LogP contribution in [0.25, 0.3) is 0 Å². The Hall–Kier alpha value is -1.31. The average molecular weight is 247 g/mol. The maximum atomic E-state index is 12.2. The third-order valence-corrected chi connectivity index (χ3v) is 3.05. The Balaban J connectivity index is 2.71. The summed E-state index contributed by atoms with van der Waals surface area (Å²) in [4.78, 5) is 12.2. The van der Waals surface area contributed by atoms with E-state index >= 15 is 0 Å². The Bertz CT molecular complexity index is 429. The summed E-state index contributed by atoms with van der Waals surface area (Å²) in [6.07, 6.45) is 1.68. The van der Waals surface area contributed by atoms with Crippen molar-refractivity contribution < 1.29 is 4.79 Å². The molecule has 1 rings (SSSR count). The second-order valence-electron chi connectivity index (χ2n) is 6.57. The molecule has 0 amide bonds. The van der Waals surface area contributed by atoms with E-state index in [1.54, 1.807) is 6.07 Å². The molecule has 1 unspecified atom stereocenters. The number of ketones is 1.